The first-order valence-corrected chi connectivity index (χ1v) is 6.07. The summed E-state index contributed by atoms with van der Waals surface area (Å²) in [5.41, 5.74) is 4.72. The fraction of sp³-hybridized carbons (Fsp3) is 0.200. The molecule has 0 atom stereocenters. The van der Waals surface area contributed by atoms with Crippen molar-refractivity contribution in [3.63, 3.8) is 0 Å². The van der Waals surface area contributed by atoms with Gasteiger partial charge in [-0.25, -0.2) is 4.98 Å². The standard InChI is InChI=1S/C15H14N2O2/c1-10-3-4-14-13(7-10)17-15(19-14)12-5-6-16-8-11(12)9-18-2/h3-8H,9H2,1-2H3. The average Bonchev–Trinajstić information content (AvgIpc) is 2.82. The number of ether oxygens (including phenoxy) is 1. The van der Waals surface area contributed by atoms with Crippen LogP contribution in [0.3, 0.4) is 0 Å². The minimum Gasteiger partial charge on any atom is -0.436 e. The number of oxazole rings is 1. The SMILES string of the molecule is COCc1cnccc1-c1nc2cc(C)ccc2o1. The third kappa shape index (κ3) is 2.22. The monoisotopic (exact) mass is 254 g/mol. The van der Waals surface area contributed by atoms with E-state index in [9.17, 15) is 0 Å². The van der Waals surface area contributed by atoms with Crippen LogP contribution in [-0.2, 0) is 11.3 Å². The summed E-state index contributed by atoms with van der Waals surface area (Å²) in [4.78, 5) is 8.64. The summed E-state index contributed by atoms with van der Waals surface area (Å²) in [6.45, 7) is 2.53. The van der Waals surface area contributed by atoms with Crippen molar-refractivity contribution < 1.29 is 9.15 Å². The van der Waals surface area contributed by atoms with Crippen LogP contribution >= 0.6 is 0 Å². The van der Waals surface area contributed by atoms with Gasteiger partial charge in [-0.3, -0.25) is 4.98 Å². The molecule has 0 saturated heterocycles. The molecule has 0 fully saturated rings. The van der Waals surface area contributed by atoms with Gasteiger partial charge in [-0.2, -0.15) is 0 Å². The second-order valence-electron chi connectivity index (χ2n) is 4.46. The molecule has 0 N–H and O–H groups in total. The number of aryl methyl sites for hydroxylation is 1. The van der Waals surface area contributed by atoms with Crippen molar-refractivity contribution in [2.45, 2.75) is 13.5 Å². The Balaban J connectivity index is 2.13. The van der Waals surface area contributed by atoms with Crippen molar-refractivity contribution >= 4 is 11.1 Å². The highest BCUT2D eigenvalue weighted by Gasteiger charge is 2.12. The molecule has 3 rings (SSSR count). The van der Waals surface area contributed by atoms with Crippen LogP contribution in [0.15, 0.2) is 41.1 Å². The summed E-state index contributed by atoms with van der Waals surface area (Å²) < 4.78 is 11.0. The third-order valence-electron chi connectivity index (χ3n) is 2.98. The van der Waals surface area contributed by atoms with Crippen molar-refractivity contribution in [3.8, 4) is 11.5 Å². The van der Waals surface area contributed by atoms with Gasteiger partial charge < -0.3 is 9.15 Å². The first-order valence-electron chi connectivity index (χ1n) is 6.07. The fourth-order valence-corrected chi connectivity index (χ4v) is 2.06. The van der Waals surface area contributed by atoms with Crippen molar-refractivity contribution in [2.24, 2.45) is 0 Å². The average molecular weight is 254 g/mol. The summed E-state index contributed by atoms with van der Waals surface area (Å²) in [6, 6.07) is 7.86. The van der Waals surface area contributed by atoms with Crippen molar-refractivity contribution in [2.75, 3.05) is 7.11 Å². The van der Waals surface area contributed by atoms with Gasteiger partial charge in [0.25, 0.3) is 0 Å². The molecule has 0 unspecified atom stereocenters. The lowest BCUT2D eigenvalue weighted by Gasteiger charge is -2.03. The molecule has 2 aromatic heterocycles. The normalized spacial score (nSPS) is 11.1. The maximum Gasteiger partial charge on any atom is 0.227 e. The van der Waals surface area contributed by atoms with Crippen LogP contribution in [-0.4, -0.2) is 17.1 Å². The van der Waals surface area contributed by atoms with Gasteiger partial charge in [0.15, 0.2) is 5.58 Å². The zero-order valence-electron chi connectivity index (χ0n) is 10.9. The van der Waals surface area contributed by atoms with Crippen molar-refractivity contribution in [1.29, 1.82) is 0 Å². The van der Waals surface area contributed by atoms with E-state index in [0.717, 1.165) is 22.2 Å². The van der Waals surface area contributed by atoms with Gasteiger partial charge in [0, 0.05) is 30.6 Å². The summed E-state index contributed by atoms with van der Waals surface area (Å²) in [6.07, 6.45) is 3.51. The summed E-state index contributed by atoms with van der Waals surface area (Å²) >= 11 is 0. The number of nitrogens with zero attached hydrogens (tertiary/aromatic N) is 2. The Hall–Kier alpha value is -2.20. The Morgan fingerprint density at radius 2 is 2.16 bits per heavy atom. The number of benzene rings is 1. The van der Waals surface area contributed by atoms with Crippen LogP contribution in [0.4, 0.5) is 0 Å². The molecule has 4 nitrogen and oxygen atoms in total. The summed E-state index contributed by atoms with van der Waals surface area (Å²) in [5.74, 6) is 0.607. The van der Waals surface area contributed by atoms with E-state index < -0.39 is 0 Å². The molecule has 96 valence electrons. The predicted octanol–water partition coefficient (Wildman–Crippen LogP) is 3.34. The summed E-state index contributed by atoms with van der Waals surface area (Å²) in [5, 5.41) is 0. The Morgan fingerprint density at radius 3 is 3.00 bits per heavy atom. The van der Waals surface area contributed by atoms with E-state index in [-0.39, 0.29) is 0 Å². The number of pyridine rings is 1. The van der Waals surface area contributed by atoms with Gasteiger partial charge >= 0.3 is 0 Å². The largest absolute Gasteiger partial charge is 0.436 e. The van der Waals surface area contributed by atoms with Crippen LogP contribution < -0.4 is 0 Å². The molecule has 4 heteroatoms. The summed E-state index contributed by atoms with van der Waals surface area (Å²) in [7, 11) is 1.66. The maximum atomic E-state index is 5.80. The fourth-order valence-electron chi connectivity index (χ4n) is 2.06. The molecular formula is C15H14N2O2. The molecule has 0 aliphatic heterocycles. The van der Waals surface area contributed by atoms with Crippen LogP contribution in [0.1, 0.15) is 11.1 Å². The van der Waals surface area contributed by atoms with E-state index in [0.29, 0.717) is 12.5 Å². The molecule has 0 radical (unpaired) electrons. The molecule has 2 heterocycles. The van der Waals surface area contributed by atoms with Gasteiger partial charge in [0.2, 0.25) is 5.89 Å². The zero-order chi connectivity index (χ0) is 13.2. The molecule has 19 heavy (non-hydrogen) atoms. The lowest BCUT2D eigenvalue weighted by molar-refractivity contribution is 0.185. The predicted molar refractivity (Wildman–Crippen MR) is 72.7 cm³/mol. The Labute approximate surface area is 111 Å². The lowest BCUT2D eigenvalue weighted by Crippen LogP contribution is -1.93. The van der Waals surface area contributed by atoms with Gasteiger partial charge in [-0.1, -0.05) is 6.07 Å². The number of hydrogen-bond acceptors (Lipinski definition) is 4. The molecule has 0 saturated carbocycles. The van der Waals surface area contributed by atoms with Crippen LogP contribution in [0, 0.1) is 6.92 Å². The topological polar surface area (TPSA) is 48.2 Å². The van der Waals surface area contributed by atoms with Crippen LogP contribution in [0.25, 0.3) is 22.6 Å². The molecule has 0 aliphatic carbocycles. The first-order chi connectivity index (χ1) is 9.28. The number of hydrogen-bond donors (Lipinski definition) is 0. The van der Waals surface area contributed by atoms with E-state index in [1.807, 2.05) is 31.2 Å². The molecule has 1 aromatic carbocycles. The van der Waals surface area contributed by atoms with E-state index >= 15 is 0 Å². The van der Waals surface area contributed by atoms with Crippen LogP contribution in [0.5, 0.6) is 0 Å². The minimum atomic E-state index is 0.487. The number of methoxy groups -OCH3 is 1. The highest BCUT2D eigenvalue weighted by Crippen LogP contribution is 2.27. The Morgan fingerprint density at radius 1 is 1.26 bits per heavy atom. The second-order valence-corrected chi connectivity index (χ2v) is 4.46. The van der Waals surface area contributed by atoms with Crippen molar-refractivity contribution in [1.82, 2.24) is 9.97 Å². The van der Waals surface area contributed by atoms with Crippen molar-refractivity contribution in [3.05, 3.63) is 47.8 Å². The van der Waals surface area contributed by atoms with E-state index in [1.54, 1.807) is 19.5 Å². The number of aromatic nitrogens is 2. The zero-order valence-corrected chi connectivity index (χ0v) is 10.9. The molecular weight excluding hydrogens is 240 g/mol. The quantitative estimate of drug-likeness (QED) is 0.719. The maximum absolute atomic E-state index is 5.80. The molecule has 0 aliphatic rings. The van der Waals surface area contributed by atoms with Gasteiger partial charge in [-0.15, -0.1) is 0 Å². The molecule has 0 spiro atoms. The van der Waals surface area contributed by atoms with Gasteiger partial charge in [0.05, 0.1) is 6.61 Å². The molecule has 3 aromatic rings. The second kappa shape index (κ2) is 4.82. The van der Waals surface area contributed by atoms with Crippen LogP contribution in [0.2, 0.25) is 0 Å². The number of fused-ring (bicyclic) bond motifs is 1. The first kappa shape index (κ1) is 11.9. The van der Waals surface area contributed by atoms with E-state index in [2.05, 4.69) is 9.97 Å². The van der Waals surface area contributed by atoms with E-state index in [1.165, 1.54) is 5.56 Å². The highest BCUT2D eigenvalue weighted by molar-refractivity contribution is 5.77. The Kier molecular flexibility index (Phi) is 3.01. The third-order valence-corrected chi connectivity index (χ3v) is 2.98. The Bertz CT molecular complexity index is 719. The number of rotatable bonds is 3. The molecule has 0 amide bonds. The smallest absolute Gasteiger partial charge is 0.227 e. The minimum absolute atomic E-state index is 0.487. The highest BCUT2D eigenvalue weighted by atomic mass is 16.5. The van der Waals surface area contributed by atoms with Gasteiger partial charge in [-0.05, 0) is 30.7 Å². The molecule has 0 bridgehead atoms. The lowest BCUT2D eigenvalue weighted by atomic mass is 10.1. The van der Waals surface area contributed by atoms with Gasteiger partial charge in [0.1, 0.15) is 5.52 Å². The van der Waals surface area contributed by atoms with E-state index in [4.69, 9.17) is 9.15 Å².